The zero-order chi connectivity index (χ0) is 10.8. The molecule has 1 nitrogen and oxygen atoms in total. The summed E-state index contributed by atoms with van der Waals surface area (Å²) in [5, 5.41) is 0.161. The van der Waals surface area contributed by atoms with Crippen LogP contribution in [-0.2, 0) is 6.54 Å². The Labute approximate surface area is 92.6 Å². The molecule has 0 N–H and O–H groups in total. The topological polar surface area (TPSA) is 3.24 Å². The Kier molecular flexibility index (Phi) is 3.22. The first-order valence-corrected chi connectivity index (χ1v) is 5.39. The molecule has 0 bridgehead atoms. The standard InChI is InChI=1S/C11H12ClF2N/c12-9-3-4-15(7-9)6-8-1-2-10(13)5-11(8)14/h1-2,5,9H,3-4,6-7H2. The first-order chi connectivity index (χ1) is 7.15. The highest BCUT2D eigenvalue weighted by atomic mass is 35.5. The molecule has 82 valence electrons. The summed E-state index contributed by atoms with van der Waals surface area (Å²) in [4.78, 5) is 2.08. The molecule has 2 rings (SSSR count). The van der Waals surface area contributed by atoms with E-state index in [-0.39, 0.29) is 5.38 Å². The lowest BCUT2D eigenvalue weighted by Crippen LogP contribution is -2.20. The highest BCUT2D eigenvalue weighted by Gasteiger charge is 2.21. The average Bonchev–Trinajstić information content (AvgIpc) is 2.56. The summed E-state index contributed by atoms with van der Waals surface area (Å²) in [6.07, 6.45) is 0.935. The highest BCUT2D eigenvalue weighted by Crippen LogP contribution is 2.19. The van der Waals surface area contributed by atoms with Crippen LogP contribution in [0.1, 0.15) is 12.0 Å². The Bertz CT molecular complexity index is 356. The van der Waals surface area contributed by atoms with Gasteiger partial charge in [-0.25, -0.2) is 8.78 Å². The second-order valence-electron chi connectivity index (χ2n) is 3.86. The minimum atomic E-state index is -0.534. The van der Waals surface area contributed by atoms with Gasteiger partial charge < -0.3 is 0 Å². The van der Waals surface area contributed by atoms with Crippen LogP contribution in [0.3, 0.4) is 0 Å². The van der Waals surface area contributed by atoms with Gasteiger partial charge in [0.2, 0.25) is 0 Å². The maximum Gasteiger partial charge on any atom is 0.130 e. The predicted octanol–water partition coefficient (Wildman–Crippen LogP) is 2.78. The number of rotatable bonds is 2. The van der Waals surface area contributed by atoms with Gasteiger partial charge in [-0.05, 0) is 19.0 Å². The van der Waals surface area contributed by atoms with E-state index in [0.29, 0.717) is 12.1 Å². The van der Waals surface area contributed by atoms with E-state index in [1.807, 2.05) is 0 Å². The SMILES string of the molecule is Fc1ccc(CN2CCC(Cl)C2)c(F)c1. The van der Waals surface area contributed by atoms with Crippen molar-refractivity contribution in [2.45, 2.75) is 18.3 Å². The lowest BCUT2D eigenvalue weighted by Gasteiger charge is -2.15. The molecule has 4 heteroatoms. The Morgan fingerprint density at radius 1 is 1.40 bits per heavy atom. The van der Waals surface area contributed by atoms with Gasteiger partial charge in [0.15, 0.2) is 0 Å². The molecule has 1 heterocycles. The molecule has 0 aromatic heterocycles. The molecule has 1 aromatic carbocycles. The number of halogens is 3. The lowest BCUT2D eigenvalue weighted by atomic mass is 10.2. The van der Waals surface area contributed by atoms with Gasteiger partial charge in [-0.1, -0.05) is 6.07 Å². The normalized spacial score (nSPS) is 22.2. The molecule has 0 radical (unpaired) electrons. The summed E-state index contributed by atoms with van der Waals surface area (Å²) in [5.74, 6) is -1.01. The molecular weight excluding hydrogens is 220 g/mol. The van der Waals surface area contributed by atoms with Crippen LogP contribution in [0.4, 0.5) is 8.78 Å². The van der Waals surface area contributed by atoms with Gasteiger partial charge in [-0.15, -0.1) is 11.6 Å². The van der Waals surface area contributed by atoms with E-state index >= 15 is 0 Å². The van der Waals surface area contributed by atoms with E-state index in [1.165, 1.54) is 12.1 Å². The van der Waals surface area contributed by atoms with Gasteiger partial charge in [-0.2, -0.15) is 0 Å². The van der Waals surface area contributed by atoms with Crippen LogP contribution >= 0.6 is 11.6 Å². The Morgan fingerprint density at radius 3 is 2.80 bits per heavy atom. The van der Waals surface area contributed by atoms with Crippen LogP contribution in [-0.4, -0.2) is 23.4 Å². The molecule has 1 atom stereocenters. The number of alkyl halides is 1. The monoisotopic (exact) mass is 231 g/mol. The van der Waals surface area contributed by atoms with E-state index in [9.17, 15) is 8.78 Å². The van der Waals surface area contributed by atoms with E-state index in [2.05, 4.69) is 4.90 Å². The molecule has 1 saturated heterocycles. The summed E-state index contributed by atoms with van der Waals surface area (Å²) >= 11 is 5.94. The number of nitrogens with zero attached hydrogens (tertiary/aromatic N) is 1. The molecular formula is C11H12ClF2N. The number of likely N-dealkylation sites (tertiary alicyclic amines) is 1. The quantitative estimate of drug-likeness (QED) is 0.708. The third kappa shape index (κ3) is 2.67. The molecule has 1 unspecified atom stereocenters. The molecule has 0 spiro atoms. The maximum atomic E-state index is 13.3. The Balaban J connectivity index is 2.04. The first kappa shape index (κ1) is 10.8. The third-order valence-electron chi connectivity index (χ3n) is 2.62. The zero-order valence-corrected chi connectivity index (χ0v) is 8.97. The molecule has 1 aliphatic heterocycles. The van der Waals surface area contributed by atoms with Gasteiger partial charge in [-0.3, -0.25) is 4.90 Å². The third-order valence-corrected chi connectivity index (χ3v) is 2.98. The Hall–Kier alpha value is -0.670. The van der Waals surface area contributed by atoms with E-state index in [4.69, 9.17) is 11.6 Å². The predicted molar refractivity (Wildman–Crippen MR) is 55.9 cm³/mol. The highest BCUT2D eigenvalue weighted by molar-refractivity contribution is 6.20. The van der Waals surface area contributed by atoms with Crippen molar-refractivity contribution in [2.24, 2.45) is 0 Å². The summed E-state index contributed by atoms with van der Waals surface area (Å²) in [6.45, 7) is 2.17. The second kappa shape index (κ2) is 4.45. The first-order valence-electron chi connectivity index (χ1n) is 4.95. The van der Waals surface area contributed by atoms with Crippen LogP contribution in [0.5, 0.6) is 0 Å². The molecule has 0 saturated carbocycles. The largest absolute Gasteiger partial charge is 0.297 e. The Morgan fingerprint density at radius 2 is 2.20 bits per heavy atom. The summed E-state index contributed by atoms with van der Waals surface area (Å²) in [5.41, 5.74) is 0.530. The number of hydrogen-bond donors (Lipinski definition) is 0. The summed E-state index contributed by atoms with van der Waals surface area (Å²) in [7, 11) is 0. The van der Waals surface area contributed by atoms with Crippen molar-refractivity contribution in [3.63, 3.8) is 0 Å². The average molecular weight is 232 g/mol. The van der Waals surface area contributed by atoms with Crippen molar-refractivity contribution >= 4 is 11.6 Å². The minimum absolute atomic E-state index is 0.161. The van der Waals surface area contributed by atoms with Crippen LogP contribution in [0.25, 0.3) is 0 Å². The summed E-state index contributed by atoms with van der Waals surface area (Å²) < 4.78 is 25.9. The van der Waals surface area contributed by atoms with Gasteiger partial charge in [0.1, 0.15) is 11.6 Å². The van der Waals surface area contributed by atoms with E-state index in [1.54, 1.807) is 0 Å². The fourth-order valence-electron chi connectivity index (χ4n) is 1.82. The number of hydrogen-bond acceptors (Lipinski definition) is 1. The molecule has 1 aromatic rings. The summed E-state index contributed by atoms with van der Waals surface area (Å²) in [6, 6.07) is 3.70. The lowest BCUT2D eigenvalue weighted by molar-refractivity contribution is 0.325. The van der Waals surface area contributed by atoms with Gasteiger partial charge in [0.25, 0.3) is 0 Å². The van der Waals surface area contributed by atoms with Crippen molar-refractivity contribution in [3.05, 3.63) is 35.4 Å². The molecule has 0 amide bonds. The van der Waals surface area contributed by atoms with E-state index in [0.717, 1.165) is 25.6 Å². The van der Waals surface area contributed by atoms with E-state index < -0.39 is 11.6 Å². The van der Waals surface area contributed by atoms with Crippen LogP contribution in [0.15, 0.2) is 18.2 Å². The molecule has 1 aliphatic rings. The van der Waals surface area contributed by atoms with Crippen molar-refractivity contribution < 1.29 is 8.78 Å². The molecule has 1 fully saturated rings. The minimum Gasteiger partial charge on any atom is -0.297 e. The molecule has 15 heavy (non-hydrogen) atoms. The van der Waals surface area contributed by atoms with Crippen LogP contribution in [0.2, 0.25) is 0 Å². The fourth-order valence-corrected chi connectivity index (χ4v) is 2.11. The van der Waals surface area contributed by atoms with Crippen molar-refractivity contribution in [2.75, 3.05) is 13.1 Å². The van der Waals surface area contributed by atoms with Gasteiger partial charge in [0.05, 0.1) is 0 Å². The number of benzene rings is 1. The fraction of sp³-hybridized carbons (Fsp3) is 0.455. The van der Waals surface area contributed by atoms with Crippen molar-refractivity contribution in [1.82, 2.24) is 4.90 Å². The molecule has 0 aliphatic carbocycles. The maximum absolute atomic E-state index is 13.3. The second-order valence-corrected chi connectivity index (χ2v) is 4.47. The zero-order valence-electron chi connectivity index (χ0n) is 8.22. The van der Waals surface area contributed by atoms with Crippen molar-refractivity contribution in [1.29, 1.82) is 0 Å². The van der Waals surface area contributed by atoms with Crippen LogP contribution < -0.4 is 0 Å². The smallest absolute Gasteiger partial charge is 0.130 e. The van der Waals surface area contributed by atoms with Crippen molar-refractivity contribution in [3.8, 4) is 0 Å². The van der Waals surface area contributed by atoms with Crippen LogP contribution in [0, 0.1) is 11.6 Å². The van der Waals surface area contributed by atoms with Gasteiger partial charge in [0, 0.05) is 30.1 Å². The van der Waals surface area contributed by atoms with Gasteiger partial charge >= 0.3 is 0 Å².